The van der Waals surface area contributed by atoms with E-state index in [0.29, 0.717) is 40.4 Å². The molecule has 0 aliphatic carbocycles. The molecule has 1 aliphatic heterocycles. The van der Waals surface area contributed by atoms with Crippen LogP contribution in [0.25, 0.3) is 10.3 Å². The maximum absolute atomic E-state index is 12.6. The highest BCUT2D eigenvalue weighted by molar-refractivity contribution is 7.19. The van der Waals surface area contributed by atoms with E-state index >= 15 is 0 Å². The minimum Gasteiger partial charge on any atom is -0.338 e. The van der Waals surface area contributed by atoms with Crippen molar-refractivity contribution in [3.63, 3.8) is 0 Å². The first-order valence-corrected chi connectivity index (χ1v) is 9.26. The molecule has 0 saturated carbocycles. The van der Waals surface area contributed by atoms with Gasteiger partial charge in [-0.1, -0.05) is 23.5 Å². The molecule has 1 unspecified atom stereocenters. The van der Waals surface area contributed by atoms with Crippen LogP contribution in [-0.2, 0) is 11.3 Å². The Labute approximate surface area is 159 Å². The summed E-state index contributed by atoms with van der Waals surface area (Å²) in [6.45, 7) is 1.03. The van der Waals surface area contributed by atoms with Crippen LogP contribution in [0.1, 0.15) is 27.3 Å². The van der Waals surface area contributed by atoms with E-state index in [1.54, 1.807) is 35.4 Å². The zero-order chi connectivity index (χ0) is 18.8. The number of aromatic nitrogens is 2. The molecule has 3 heterocycles. The van der Waals surface area contributed by atoms with Crippen LogP contribution in [0.3, 0.4) is 0 Å². The summed E-state index contributed by atoms with van der Waals surface area (Å²) < 4.78 is 0. The second kappa shape index (κ2) is 7.13. The average molecular weight is 377 g/mol. The quantitative estimate of drug-likeness (QED) is 0.751. The molecule has 1 saturated heterocycles. The van der Waals surface area contributed by atoms with Crippen molar-refractivity contribution in [1.29, 1.82) is 5.26 Å². The third-order valence-corrected chi connectivity index (χ3v) is 5.40. The minimum atomic E-state index is -0.546. The second-order valence-electron chi connectivity index (χ2n) is 6.23. The number of nitriles is 1. The van der Waals surface area contributed by atoms with E-state index in [0.717, 1.165) is 5.56 Å². The largest absolute Gasteiger partial charge is 0.338 e. The van der Waals surface area contributed by atoms with Crippen LogP contribution in [-0.4, -0.2) is 39.3 Å². The van der Waals surface area contributed by atoms with Gasteiger partial charge in [0.15, 0.2) is 5.01 Å². The molecule has 1 aromatic carbocycles. The Morgan fingerprint density at radius 1 is 1.33 bits per heavy atom. The number of rotatable bonds is 4. The van der Waals surface area contributed by atoms with Crippen LogP contribution >= 0.6 is 11.3 Å². The first-order chi connectivity index (χ1) is 13.1. The third kappa shape index (κ3) is 3.50. The molecule has 134 valence electrons. The Morgan fingerprint density at radius 3 is 2.89 bits per heavy atom. The van der Waals surface area contributed by atoms with E-state index in [4.69, 9.17) is 5.26 Å². The number of amides is 2. The van der Waals surface area contributed by atoms with Gasteiger partial charge in [-0.05, 0) is 36.2 Å². The number of nitrogens with one attached hydrogen (secondary N) is 1. The first-order valence-electron chi connectivity index (χ1n) is 8.44. The highest BCUT2D eigenvalue weighted by Gasteiger charge is 2.33. The predicted octanol–water partition coefficient (Wildman–Crippen LogP) is 2.09. The fraction of sp³-hybridized carbons (Fsp3) is 0.211. The highest BCUT2D eigenvalue weighted by Crippen LogP contribution is 2.20. The minimum absolute atomic E-state index is 0.105. The molecule has 27 heavy (non-hydrogen) atoms. The molecule has 0 radical (unpaired) electrons. The van der Waals surface area contributed by atoms with E-state index in [1.807, 2.05) is 12.1 Å². The lowest BCUT2D eigenvalue weighted by Gasteiger charge is -2.17. The van der Waals surface area contributed by atoms with Gasteiger partial charge in [0.25, 0.3) is 5.91 Å². The molecule has 1 fully saturated rings. The molecule has 0 bridgehead atoms. The van der Waals surface area contributed by atoms with Gasteiger partial charge in [-0.15, -0.1) is 0 Å². The number of benzene rings is 1. The van der Waals surface area contributed by atoms with E-state index in [1.165, 1.54) is 11.3 Å². The molecule has 2 aromatic heterocycles. The van der Waals surface area contributed by atoms with Crippen molar-refractivity contribution in [2.24, 2.45) is 0 Å². The van der Waals surface area contributed by atoms with Crippen LogP contribution in [0.5, 0.6) is 0 Å². The first kappa shape index (κ1) is 17.1. The monoisotopic (exact) mass is 377 g/mol. The summed E-state index contributed by atoms with van der Waals surface area (Å²) in [5.41, 5.74) is 2.21. The van der Waals surface area contributed by atoms with Gasteiger partial charge >= 0.3 is 0 Å². The van der Waals surface area contributed by atoms with Crippen molar-refractivity contribution in [2.75, 3.05) is 6.54 Å². The van der Waals surface area contributed by atoms with Crippen LogP contribution < -0.4 is 5.32 Å². The smallest absolute Gasteiger partial charge is 0.281 e. The molecule has 4 rings (SSSR count). The lowest BCUT2D eigenvalue weighted by atomic mass is 10.1. The van der Waals surface area contributed by atoms with Crippen LogP contribution in [0, 0.1) is 11.3 Å². The molecule has 1 N–H and O–H groups in total. The summed E-state index contributed by atoms with van der Waals surface area (Å²) in [5, 5.41) is 11.9. The standard InChI is InChI=1S/C19H15N5O2S/c20-10-12-3-5-13(6-4-12)11-24-9-7-15(19(24)26)22-16(25)18-23-14-2-1-8-21-17(14)27-18/h1-6,8,15H,7,9,11H2,(H,22,25). The number of pyridine rings is 1. The Balaban J connectivity index is 1.40. The molecule has 2 amide bonds. The highest BCUT2D eigenvalue weighted by atomic mass is 32.1. The van der Waals surface area contributed by atoms with Crippen molar-refractivity contribution >= 4 is 33.5 Å². The average Bonchev–Trinajstić information content (AvgIpc) is 3.27. The summed E-state index contributed by atoms with van der Waals surface area (Å²) in [5.74, 6) is -0.455. The SMILES string of the molecule is N#Cc1ccc(CN2CCC(NC(=O)c3nc4cccnc4s3)C2=O)cc1. The van der Waals surface area contributed by atoms with Gasteiger partial charge in [0.1, 0.15) is 16.4 Å². The molecular weight excluding hydrogens is 362 g/mol. The predicted molar refractivity (Wildman–Crippen MR) is 99.9 cm³/mol. The van der Waals surface area contributed by atoms with Crippen LogP contribution in [0.2, 0.25) is 0 Å². The maximum atomic E-state index is 12.6. The molecule has 1 atom stereocenters. The van der Waals surface area contributed by atoms with Gasteiger partial charge in [-0.2, -0.15) is 5.26 Å². The van der Waals surface area contributed by atoms with Crippen molar-refractivity contribution in [3.8, 4) is 6.07 Å². The lowest BCUT2D eigenvalue weighted by Crippen LogP contribution is -2.41. The van der Waals surface area contributed by atoms with Crippen molar-refractivity contribution in [3.05, 3.63) is 58.7 Å². The Kier molecular flexibility index (Phi) is 4.52. The number of carbonyl (C=O) groups is 2. The second-order valence-corrected chi connectivity index (χ2v) is 7.21. The Hall–Kier alpha value is -3.31. The Bertz CT molecular complexity index is 1020. The zero-order valence-corrected chi connectivity index (χ0v) is 15.1. The van der Waals surface area contributed by atoms with Crippen molar-refractivity contribution < 1.29 is 9.59 Å². The van der Waals surface area contributed by atoms with Crippen LogP contribution in [0.15, 0.2) is 42.6 Å². The number of fused-ring (bicyclic) bond motifs is 1. The molecule has 1 aliphatic rings. The van der Waals surface area contributed by atoms with Gasteiger partial charge < -0.3 is 10.2 Å². The van der Waals surface area contributed by atoms with Crippen molar-refractivity contribution in [1.82, 2.24) is 20.2 Å². The van der Waals surface area contributed by atoms with E-state index in [-0.39, 0.29) is 11.8 Å². The normalized spacial score (nSPS) is 16.5. The van der Waals surface area contributed by atoms with Gasteiger partial charge in [0.05, 0.1) is 11.6 Å². The summed E-state index contributed by atoms with van der Waals surface area (Å²) in [7, 11) is 0. The summed E-state index contributed by atoms with van der Waals surface area (Å²) in [6.07, 6.45) is 2.22. The van der Waals surface area contributed by atoms with Crippen LogP contribution in [0.4, 0.5) is 0 Å². The summed E-state index contributed by atoms with van der Waals surface area (Å²) >= 11 is 1.21. The van der Waals surface area contributed by atoms with Gasteiger partial charge in [-0.3, -0.25) is 9.59 Å². The number of hydrogen-bond donors (Lipinski definition) is 1. The third-order valence-electron chi connectivity index (χ3n) is 4.42. The topological polar surface area (TPSA) is 99.0 Å². The van der Waals surface area contributed by atoms with Crippen molar-refractivity contribution in [2.45, 2.75) is 19.0 Å². The number of hydrogen-bond acceptors (Lipinski definition) is 6. The van der Waals surface area contributed by atoms with Gasteiger partial charge in [-0.25, -0.2) is 9.97 Å². The van der Waals surface area contributed by atoms with E-state index in [9.17, 15) is 9.59 Å². The van der Waals surface area contributed by atoms with Gasteiger partial charge in [0, 0.05) is 19.3 Å². The van der Waals surface area contributed by atoms with Gasteiger partial charge in [0.2, 0.25) is 5.91 Å². The molecule has 3 aromatic rings. The number of carbonyl (C=O) groups excluding carboxylic acids is 2. The fourth-order valence-corrected chi connectivity index (χ4v) is 3.83. The summed E-state index contributed by atoms with van der Waals surface area (Å²) in [4.78, 5) is 35.9. The summed E-state index contributed by atoms with van der Waals surface area (Å²) in [6, 6.07) is 12.2. The molecule has 7 nitrogen and oxygen atoms in total. The molecular formula is C19H15N5O2S. The number of likely N-dealkylation sites (tertiary alicyclic amines) is 1. The molecule has 0 spiro atoms. The lowest BCUT2D eigenvalue weighted by molar-refractivity contribution is -0.129. The van der Waals surface area contributed by atoms with E-state index in [2.05, 4.69) is 21.4 Å². The zero-order valence-electron chi connectivity index (χ0n) is 14.3. The fourth-order valence-electron chi connectivity index (χ4n) is 3.02. The maximum Gasteiger partial charge on any atom is 0.281 e. The number of thiazole rings is 1. The molecule has 8 heteroatoms. The number of nitrogens with zero attached hydrogens (tertiary/aromatic N) is 4. The Morgan fingerprint density at radius 2 is 2.15 bits per heavy atom. The van der Waals surface area contributed by atoms with E-state index < -0.39 is 6.04 Å².